The van der Waals surface area contributed by atoms with Gasteiger partial charge in [0.15, 0.2) is 0 Å². The lowest BCUT2D eigenvalue weighted by Gasteiger charge is -2.33. The Morgan fingerprint density at radius 1 is 0.292 bits per heavy atom. The van der Waals surface area contributed by atoms with Crippen LogP contribution in [0, 0.1) is 0 Å². The van der Waals surface area contributed by atoms with Gasteiger partial charge in [-0.25, -0.2) is 0 Å². The monoisotopic (exact) mass is 632 g/mol. The van der Waals surface area contributed by atoms with Crippen LogP contribution in [0.4, 0.5) is 0 Å². The maximum absolute atomic E-state index is 2.54. The molecule has 0 aromatic heterocycles. The minimum Gasteiger partial charge on any atom is -0.0622 e. The van der Waals surface area contributed by atoms with Gasteiger partial charge in [0.25, 0.3) is 0 Å². The smallest absolute Gasteiger partial charge is 0.00175 e. The van der Waals surface area contributed by atoms with Gasteiger partial charge in [0.05, 0.1) is 0 Å². The van der Waals surface area contributed by atoms with E-state index in [9.17, 15) is 0 Å². The standard InChI is InChI=1S/C48H56/c1-37-27-17-11-9-7-5-3-4-6-8-10-12-18-28-38(2)44-43(37)45(39-29-19-13-20-30-39)47(41-33-23-15-24-34-41)48(42-35-25-16-26-36-42)46(44)40-31-21-14-22-32-40/h13-16,19-26,29-38H,3-12,17-18,27-28H2,1-2H3. The van der Waals surface area contributed by atoms with Gasteiger partial charge in [-0.2, -0.15) is 0 Å². The van der Waals surface area contributed by atoms with Gasteiger partial charge in [-0.15, -0.1) is 0 Å². The lowest BCUT2D eigenvalue weighted by atomic mass is 9.70. The van der Waals surface area contributed by atoms with Gasteiger partial charge >= 0.3 is 0 Å². The molecular weight excluding hydrogens is 577 g/mol. The van der Waals surface area contributed by atoms with E-state index in [0.717, 1.165) is 0 Å². The van der Waals surface area contributed by atoms with Gasteiger partial charge in [0.2, 0.25) is 0 Å². The van der Waals surface area contributed by atoms with E-state index >= 15 is 0 Å². The second-order valence-corrected chi connectivity index (χ2v) is 14.4. The highest BCUT2D eigenvalue weighted by Crippen LogP contribution is 2.54. The first-order chi connectivity index (χ1) is 23.7. The minimum atomic E-state index is 0.450. The van der Waals surface area contributed by atoms with Crippen molar-refractivity contribution in [2.24, 2.45) is 0 Å². The van der Waals surface area contributed by atoms with E-state index in [1.807, 2.05) is 0 Å². The molecule has 0 amide bonds. The van der Waals surface area contributed by atoms with Gasteiger partial charge in [0, 0.05) is 0 Å². The van der Waals surface area contributed by atoms with Crippen molar-refractivity contribution in [1.82, 2.24) is 0 Å². The van der Waals surface area contributed by atoms with Crippen LogP contribution in [0.25, 0.3) is 44.5 Å². The van der Waals surface area contributed by atoms with Gasteiger partial charge in [0.1, 0.15) is 0 Å². The topological polar surface area (TPSA) is 0 Å². The van der Waals surface area contributed by atoms with Crippen molar-refractivity contribution in [1.29, 1.82) is 0 Å². The fourth-order valence-electron chi connectivity index (χ4n) is 8.37. The highest BCUT2D eigenvalue weighted by atomic mass is 14.3. The van der Waals surface area contributed by atoms with Crippen LogP contribution in [0.15, 0.2) is 121 Å². The highest BCUT2D eigenvalue weighted by Gasteiger charge is 2.31. The van der Waals surface area contributed by atoms with Crippen molar-refractivity contribution in [2.75, 3.05) is 0 Å². The summed E-state index contributed by atoms with van der Waals surface area (Å²) in [6.45, 7) is 5.09. The van der Waals surface area contributed by atoms with Crippen LogP contribution in [0.5, 0.6) is 0 Å². The average molecular weight is 633 g/mol. The third-order valence-electron chi connectivity index (χ3n) is 10.8. The van der Waals surface area contributed by atoms with E-state index in [1.54, 1.807) is 11.1 Å². The molecule has 0 N–H and O–H groups in total. The molecule has 2 atom stereocenters. The van der Waals surface area contributed by atoms with E-state index < -0.39 is 0 Å². The number of hydrogen-bond acceptors (Lipinski definition) is 0. The number of hydrogen-bond donors (Lipinski definition) is 0. The molecular formula is C48H56. The molecule has 2 unspecified atom stereocenters. The van der Waals surface area contributed by atoms with Gasteiger partial charge in [-0.1, -0.05) is 212 Å². The summed E-state index contributed by atoms with van der Waals surface area (Å²) in [4.78, 5) is 0. The zero-order chi connectivity index (χ0) is 33.0. The molecule has 5 aromatic rings. The fraction of sp³-hybridized carbons (Fsp3) is 0.375. The van der Waals surface area contributed by atoms with E-state index in [1.165, 1.54) is 134 Å². The largest absolute Gasteiger partial charge is 0.0622 e. The number of fused-ring (bicyclic) bond motifs is 1. The Balaban J connectivity index is 1.69. The molecule has 5 aromatic carbocycles. The van der Waals surface area contributed by atoms with E-state index in [0.29, 0.717) is 11.8 Å². The Kier molecular flexibility index (Phi) is 12.4. The van der Waals surface area contributed by atoms with Gasteiger partial charge in [-0.3, -0.25) is 0 Å². The van der Waals surface area contributed by atoms with Crippen LogP contribution in [0.1, 0.15) is 127 Å². The molecule has 1 aliphatic carbocycles. The summed E-state index contributed by atoms with van der Waals surface area (Å²) in [5.41, 5.74) is 14.1. The summed E-state index contributed by atoms with van der Waals surface area (Å²) < 4.78 is 0. The van der Waals surface area contributed by atoms with Crippen molar-refractivity contribution >= 4 is 0 Å². The lowest BCUT2D eigenvalue weighted by molar-refractivity contribution is 0.511. The maximum atomic E-state index is 2.54. The van der Waals surface area contributed by atoms with E-state index in [-0.39, 0.29) is 0 Å². The summed E-state index contributed by atoms with van der Waals surface area (Å²) in [5, 5.41) is 0. The quantitative estimate of drug-likeness (QED) is 0.185. The average Bonchev–Trinajstić information content (AvgIpc) is 3.14. The fourth-order valence-corrected chi connectivity index (χ4v) is 8.37. The Labute approximate surface area is 291 Å². The molecule has 0 fully saturated rings. The summed E-state index contributed by atoms with van der Waals surface area (Å²) in [7, 11) is 0. The van der Waals surface area contributed by atoms with Crippen LogP contribution in [0.2, 0.25) is 0 Å². The third kappa shape index (κ3) is 8.20. The molecule has 48 heavy (non-hydrogen) atoms. The molecule has 1 aliphatic rings. The molecule has 0 aliphatic heterocycles. The number of benzene rings is 5. The second-order valence-electron chi connectivity index (χ2n) is 14.4. The Morgan fingerprint density at radius 3 is 0.792 bits per heavy atom. The predicted octanol–water partition coefficient (Wildman–Crippen LogP) is 15.0. The molecule has 0 saturated heterocycles. The minimum absolute atomic E-state index is 0.450. The second kappa shape index (κ2) is 17.5. The predicted molar refractivity (Wildman–Crippen MR) is 210 cm³/mol. The summed E-state index contributed by atoms with van der Waals surface area (Å²) in [6.07, 6.45) is 19.0. The summed E-state index contributed by atoms with van der Waals surface area (Å²) in [6, 6.07) is 45.3. The summed E-state index contributed by atoms with van der Waals surface area (Å²) in [5.74, 6) is 0.901. The molecule has 0 heterocycles. The van der Waals surface area contributed by atoms with Crippen LogP contribution in [-0.2, 0) is 0 Å². The first-order valence-corrected chi connectivity index (χ1v) is 19.2. The lowest BCUT2D eigenvalue weighted by Crippen LogP contribution is -2.12. The maximum Gasteiger partial charge on any atom is -0.00175 e. The van der Waals surface area contributed by atoms with E-state index in [4.69, 9.17) is 0 Å². The van der Waals surface area contributed by atoms with Crippen LogP contribution < -0.4 is 0 Å². The molecule has 0 spiro atoms. The van der Waals surface area contributed by atoms with Crippen molar-refractivity contribution in [3.8, 4) is 44.5 Å². The molecule has 0 radical (unpaired) electrons. The van der Waals surface area contributed by atoms with E-state index in [2.05, 4.69) is 135 Å². The van der Waals surface area contributed by atoms with Gasteiger partial charge < -0.3 is 0 Å². The van der Waals surface area contributed by atoms with Crippen molar-refractivity contribution < 1.29 is 0 Å². The third-order valence-corrected chi connectivity index (χ3v) is 10.8. The Hall–Kier alpha value is -3.90. The van der Waals surface area contributed by atoms with Crippen LogP contribution in [0.3, 0.4) is 0 Å². The zero-order valence-corrected chi connectivity index (χ0v) is 29.6. The molecule has 0 bridgehead atoms. The van der Waals surface area contributed by atoms with Crippen LogP contribution in [-0.4, -0.2) is 0 Å². The summed E-state index contributed by atoms with van der Waals surface area (Å²) >= 11 is 0. The normalized spacial score (nSPS) is 18.7. The first kappa shape index (κ1) is 34.0. The SMILES string of the molecule is CC1CCCCCCCCCCCCCCC(C)c2c(-c3ccccc3)c(-c3ccccc3)c(-c3ccccc3)c(-c3ccccc3)c21. The zero-order valence-electron chi connectivity index (χ0n) is 29.6. The van der Waals surface area contributed by atoms with Crippen molar-refractivity contribution in [3.63, 3.8) is 0 Å². The van der Waals surface area contributed by atoms with Crippen LogP contribution >= 0.6 is 0 Å². The highest BCUT2D eigenvalue weighted by molar-refractivity contribution is 6.04. The van der Waals surface area contributed by atoms with Crippen molar-refractivity contribution in [3.05, 3.63) is 132 Å². The van der Waals surface area contributed by atoms with Gasteiger partial charge in [-0.05, 0) is 80.3 Å². The Bertz CT molecular complexity index is 1540. The molecule has 0 nitrogen and oxygen atoms in total. The first-order valence-electron chi connectivity index (χ1n) is 19.2. The molecule has 0 saturated carbocycles. The number of rotatable bonds is 4. The van der Waals surface area contributed by atoms with Crippen molar-refractivity contribution in [2.45, 2.75) is 116 Å². The Morgan fingerprint density at radius 2 is 0.521 bits per heavy atom. The molecule has 0 heteroatoms. The molecule has 248 valence electrons. The molecule has 6 rings (SSSR count).